The molecule has 2 heterocycles. The Morgan fingerprint density at radius 2 is 1.94 bits per heavy atom. The summed E-state index contributed by atoms with van der Waals surface area (Å²) in [5.41, 5.74) is 1.50. The second kappa shape index (κ2) is 4.18. The summed E-state index contributed by atoms with van der Waals surface area (Å²) in [6.07, 6.45) is 2.51. The summed E-state index contributed by atoms with van der Waals surface area (Å²) in [6.45, 7) is 1.84. The molecule has 0 saturated carbocycles. The second-order valence-electron chi connectivity index (χ2n) is 3.38. The number of nitrogens with zero attached hydrogens (tertiary/aromatic N) is 2. The predicted octanol–water partition coefficient (Wildman–Crippen LogP) is 2.16. The van der Waals surface area contributed by atoms with Crippen LogP contribution in [0.3, 0.4) is 0 Å². The molecule has 0 fully saturated rings. The van der Waals surface area contributed by atoms with E-state index in [1.165, 1.54) is 18.3 Å². The van der Waals surface area contributed by atoms with E-state index < -0.39 is 5.82 Å². The van der Waals surface area contributed by atoms with Gasteiger partial charge in [0.25, 0.3) is 0 Å². The number of hydrogen-bond donors (Lipinski definition) is 0. The van der Waals surface area contributed by atoms with E-state index in [-0.39, 0.29) is 11.5 Å². The number of pyridine rings is 2. The Bertz CT molecular complexity index is 458. The highest BCUT2D eigenvalue weighted by atomic mass is 19.1. The van der Waals surface area contributed by atoms with Gasteiger partial charge in [-0.05, 0) is 31.2 Å². The monoisotopic (exact) mass is 216 g/mol. The van der Waals surface area contributed by atoms with E-state index in [0.29, 0.717) is 5.56 Å². The highest BCUT2D eigenvalue weighted by Crippen LogP contribution is 2.07. The van der Waals surface area contributed by atoms with Gasteiger partial charge < -0.3 is 0 Å². The molecule has 3 nitrogen and oxygen atoms in total. The zero-order valence-electron chi connectivity index (χ0n) is 8.64. The topological polar surface area (TPSA) is 42.9 Å². The lowest BCUT2D eigenvalue weighted by Crippen LogP contribution is -2.04. The molecule has 0 aromatic carbocycles. The number of rotatable bonds is 2. The number of aromatic nitrogens is 2. The molecule has 0 aliphatic carbocycles. The Morgan fingerprint density at radius 3 is 2.50 bits per heavy atom. The van der Waals surface area contributed by atoms with Gasteiger partial charge in [-0.25, -0.2) is 9.37 Å². The molecule has 2 aromatic heterocycles. The molecule has 80 valence electrons. The molecule has 2 aromatic rings. The first-order valence-corrected chi connectivity index (χ1v) is 4.76. The van der Waals surface area contributed by atoms with Crippen LogP contribution in [0.25, 0.3) is 0 Å². The third kappa shape index (κ3) is 2.11. The molecule has 0 spiro atoms. The minimum Gasteiger partial charge on any atom is -0.287 e. The lowest BCUT2D eigenvalue weighted by Gasteiger charge is -2.00. The smallest absolute Gasteiger partial charge is 0.212 e. The van der Waals surface area contributed by atoms with E-state index in [4.69, 9.17) is 0 Å². The summed E-state index contributed by atoms with van der Waals surface area (Å²) < 4.78 is 12.6. The maximum atomic E-state index is 12.6. The van der Waals surface area contributed by atoms with Crippen molar-refractivity contribution in [2.45, 2.75) is 6.92 Å². The van der Waals surface area contributed by atoms with Gasteiger partial charge in [-0.2, -0.15) is 0 Å². The van der Waals surface area contributed by atoms with Crippen LogP contribution < -0.4 is 0 Å². The zero-order valence-corrected chi connectivity index (χ0v) is 8.64. The highest BCUT2D eigenvalue weighted by Gasteiger charge is 2.10. The van der Waals surface area contributed by atoms with E-state index in [2.05, 4.69) is 9.97 Å². The van der Waals surface area contributed by atoms with Gasteiger partial charge in [-0.3, -0.25) is 9.78 Å². The fourth-order valence-electron chi connectivity index (χ4n) is 1.26. The van der Waals surface area contributed by atoms with Crippen LogP contribution in [0.4, 0.5) is 4.39 Å². The summed E-state index contributed by atoms with van der Waals surface area (Å²) >= 11 is 0. The number of carbonyl (C=O) groups excluding carboxylic acids is 1. The Labute approximate surface area is 92.0 Å². The molecule has 0 atom stereocenters. The van der Waals surface area contributed by atoms with Crippen molar-refractivity contribution in [3.8, 4) is 0 Å². The van der Waals surface area contributed by atoms with Gasteiger partial charge in [0.1, 0.15) is 11.5 Å². The van der Waals surface area contributed by atoms with E-state index in [0.717, 1.165) is 11.9 Å². The van der Waals surface area contributed by atoms with Gasteiger partial charge in [0.2, 0.25) is 5.78 Å². The Balaban J connectivity index is 2.32. The molecular weight excluding hydrogens is 207 g/mol. The van der Waals surface area contributed by atoms with Crippen molar-refractivity contribution in [1.82, 2.24) is 9.97 Å². The number of ketones is 1. The highest BCUT2D eigenvalue weighted by molar-refractivity contribution is 6.07. The molecular formula is C12H9FN2O. The normalized spacial score (nSPS) is 10.1. The average molecular weight is 216 g/mol. The maximum absolute atomic E-state index is 12.6. The van der Waals surface area contributed by atoms with Crippen LogP contribution in [0.15, 0.2) is 36.7 Å². The predicted molar refractivity (Wildman–Crippen MR) is 56.6 cm³/mol. The summed E-state index contributed by atoms with van der Waals surface area (Å²) in [5.74, 6) is -0.717. The largest absolute Gasteiger partial charge is 0.287 e. The molecule has 4 heteroatoms. The molecule has 2 rings (SSSR count). The van der Waals surface area contributed by atoms with Crippen molar-refractivity contribution in [1.29, 1.82) is 0 Å². The van der Waals surface area contributed by atoms with Crippen LogP contribution in [0.1, 0.15) is 21.7 Å². The van der Waals surface area contributed by atoms with E-state index in [9.17, 15) is 9.18 Å². The van der Waals surface area contributed by atoms with Crippen molar-refractivity contribution in [3.63, 3.8) is 0 Å². The van der Waals surface area contributed by atoms with Gasteiger partial charge in [0.15, 0.2) is 0 Å². The van der Waals surface area contributed by atoms with Gasteiger partial charge in [0.05, 0.1) is 6.20 Å². The zero-order chi connectivity index (χ0) is 11.5. The molecule has 0 aliphatic rings. The first kappa shape index (κ1) is 10.4. The average Bonchev–Trinajstić information content (AvgIpc) is 2.30. The van der Waals surface area contributed by atoms with Gasteiger partial charge in [-0.1, -0.05) is 0 Å². The van der Waals surface area contributed by atoms with Crippen LogP contribution in [0.2, 0.25) is 0 Å². The first-order valence-electron chi connectivity index (χ1n) is 4.76. The standard InChI is InChI=1S/C12H9FN2O/c1-8-2-3-9(6-14-8)12(16)11-5-4-10(13)7-15-11/h2-7H,1H3. The molecule has 0 unspecified atom stereocenters. The van der Waals surface area contributed by atoms with Crippen LogP contribution in [0.5, 0.6) is 0 Å². The van der Waals surface area contributed by atoms with Crippen molar-refractivity contribution >= 4 is 5.78 Å². The molecule has 0 saturated heterocycles. The minimum absolute atomic E-state index is 0.215. The van der Waals surface area contributed by atoms with Crippen LogP contribution in [-0.2, 0) is 0 Å². The fourth-order valence-corrected chi connectivity index (χ4v) is 1.26. The summed E-state index contributed by atoms with van der Waals surface area (Å²) in [7, 11) is 0. The van der Waals surface area contributed by atoms with Crippen molar-refractivity contribution in [2.75, 3.05) is 0 Å². The van der Waals surface area contributed by atoms with Gasteiger partial charge in [-0.15, -0.1) is 0 Å². The molecule has 16 heavy (non-hydrogen) atoms. The van der Waals surface area contributed by atoms with Gasteiger partial charge in [0, 0.05) is 17.5 Å². The van der Waals surface area contributed by atoms with Gasteiger partial charge >= 0.3 is 0 Å². The summed E-state index contributed by atoms with van der Waals surface area (Å²) in [5, 5.41) is 0. The Hall–Kier alpha value is -2.10. The summed E-state index contributed by atoms with van der Waals surface area (Å²) in [6, 6.07) is 5.99. The molecule has 0 bridgehead atoms. The van der Waals surface area contributed by atoms with Crippen LogP contribution in [0, 0.1) is 12.7 Å². The number of hydrogen-bond acceptors (Lipinski definition) is 3. The lowest BCUT2D eigenvalue weighted by molar-refractivity contribution is 0.103. The van der Waals surface area contributed by atoms with Crippen LogP contribution >= 0.6 is 0 Å². The molecule has 0 N–H and O–H groups in total. The minimum atomic E-state index is -0.460. The third-order valence-corrected chi connectivity index (χ3v) is 2.13. The quantitative estimate of drug-likeness (QED) is 0.722. The lowest BCUT2D eigenvalue weighted by atomic mass is 10.1. The van der Waals surface area contributed by atoms with Crippen molar-refractivity contribution in [2.24, 2.45) is 0 Å². The fraction of sp³-hybridized carbons (Fsp3) is 0.0833. The van der Waals surface area contributed by atoms with E-state index >= 15 is 0 Å². The number of aryl methyl sites for hydroxylation is 1. The number of carbonyl (C=O) groups is 1. The third-order valence-electron chi connectivity index (χ3n) is 2.13. The van der Waals surface area contributed by atoms with Crippen LogP contribution in [-0.4, -0.2) is 15.8 Å². The number of halogens is 1. The summed E-state index contributed by atoms with van der Waals surface area (Å²) in [4.78, 5) is 19.6. The SMILES string of the molecule is Cc1ccc(C(=O)c2ccc(F)cn2)cn1. The molecule has 0 amide bonds. The first-order chi connectivity index (χ1) is 7.66. The Kier molecular flexibility index (Phi) is 2.72. The Morgan fingerprint density at radius 1 is 1.12 bits per heavy atom. The van der Waals surface area contributed by atoms with E-state index in [1.54, 1.807) is 12.1 Å². The van der Waals surface area contributed by atoms with Crippen molar-refractivity contribution in [3.05, 3.63) is 59.4 Å². The van der Waals surface area contributed by atoms with E-state index in [1.807, 2.05) is 6.92 Å². The van der Waals surface area contributed by atoms with Crippen molar-refractivity contribution < 1.29 is 9.18 Å². The second-order valence-corrected chi connectivity index (χ2v) is 3.38. The molecule has 0 radical (unpaired) electrons. The molecule has 0 aliphatic heterocycles. The maximum Gasteiger partial charge on any atom is 0.212 e.